The number of nitrogens with zero attached hydrogens (tertiary/aromatic N) is 1. The van der Waals surface area contributed by atoms with Gasteiger partial charge in [0.25, 0.3) is 0 Å². The van der Waals surface area contributed by atoms with Crippen molar-refractivity contribution in [2.75, 3.05) is 0 Å². The van der Waals surface area contributed by atoms with Crippen LogP contribution in [0.4, 0.5) is 0 Å². The van der Waals surface area contributed by atoms with Crippen molar-refractivity contribution in [1.29, 1.82) is 0 Å². The first kappa shape index (κ1) is 15.0. The highest BCUT2D eigenvalue weighted by Crippen LogP contribution is 2.24. The van der Waals surface area contributed by atoms with Gasteiger partial charge in [-0.1, -0.05) is 69.7 Å². The smallest absolute Gasteiger partial charge is 0.0649 e. The number of unbranched alkanes of at least 4 members (excludes halogenated alkanes) is 5. The zero-order valence-corrected chi connectivity index (χ0v) is 12.5. The lowest BCUT2D eigenvalue weighted by Gasteiger charge is -2.13. The molecule has 1 heterocycles. The fourth-order valence-corrected chi connectivity index (χ4v) is 2.72. The minimum Gasteiger partial charge on any atom is -0.323 e. The van der Waals surface area contributed by atoms with E-state index in [0.29, 0.717) is 0 Å². The van der Waals surface area contributed by atoms with Crippen molar-refractivity contribution in [1.82, 2.24) is 4.98 Å². The molecule has 1 aromatic carbocycles. The predicted molar refractivity (Wildman–Crippen MR) is 86.7 cm³/mol. The standard InChI is InChI=1S/C18H26N2/c1-2-3-4-5-6-7-12-17(19)18-16-11-9-8-10-15(16)13-14-20-18/h8-11,13-14,17H,2-7,12,19H2,1H3. The Hall–Kier alpha value is -1.41. The summed E-state index contributed by atoms with van der Waals surface area (Å²) >= 11 is 0. The SMILES string of the molecule is CCCCCCCCC(N)c1nccc2ccccc12. The van der Waals surface area contributed by atoms with Crippen LogP contribution in [0.15, 0.2) is 36.5 Å². The molecule has 2 heteroatoms. The van der Waals surface area contributed by atoms with Gasteiger partial charge in [-0.15, -0.1) is 0 Å². The Morgan fingerprint density at radius 2 is 1.75 bits per heavy atom. The van der Waals surface area contributed by atoms with E-state index in [9.17, 15) is 0 Å². The molecule has 1 atom stereocenters. The second-order valence-electron chi connectivity index (χ2n) is 5.58. The van der Waals surface area contributed by atoms with Gasteiger partial charge < -0.3 is 5.73 Å². The van der Waals surface area contributed by atoms with Gasteiger partial charge in [-0.3, -0.25) is 4.98 Å². The zero-order chi connectivity index (χ0) is 14.2. The first-order valence-corrected chi connectivity index (χ1v) is 7.92. The third kappa shape index (κ3) is 4.04. The molecule has 108 valence electrons. The topological polar surface area (TPSA) is 38.9 Å². The van der Waals surface area contributed by atoms with E-state index in [1.165, 1.54) is 49.3 Å². The molecule has 2 N–H and O–H groups in total. The van der Waals surface area contributed by atoms with E-state index >= 15 is 0 Å². The largest absolute Gasteiger partial charge is 0.323 e. The summed E-state index contributed by atoms with van der Waals surface area (Å²) in [6.45, 7) is 2.25. The van der Waals surface area contributed by atoms with Crippen LogP contribution in [0, 0.1) is 0 Å². The van der Waals surface area contributed by atoms with Gasteiger partial charge in [0.1, 0.15) is 0 Å². The van der Waals surface area contributed by atoms with Crippen molar-refractivity contribution in [2.24, 2.45) is 5.73 Å². The van der Waals surface area contributed by atoms with Gasteiger partial charge in [0.2, 0.25) is 0 Å². The second kappa shape index (κ2) is 8.01. The van der Waals surface area contributed by atoms with Gasteiger partial charge in [0.15, 0.2) is 0 Å². The number of aromatic nitrogens is 1. The molecule has 0 aliphatic rings. The average molecular weight is 270 g/mol. The summed E-state index contributed by atoms with van der Waals surface area (Å²) in [5, 5.41) is 2.43. The summed E-state index contributed by atoms with van der Waals surface area (Å²) in [5.74, 6) is 0. The number of pyridine rings is 1. The van der Waals surface area contributed by atoms with Crippen LogP contribution in [0.2, 0.25) is 0 Å². The highest BCUT2D eigenvalue weighted by molar-refractivity contribution is 5.84. The van der Waals surface area contributed by atoms with E-state index in [2.05, 4.69) is 42.2 Å². The minimum absolute atomic E-state index is 0.0623. The molecule has 0 amide bonds. The van der Waals surface area contributed by atoms with E-state index in [-0.39, 0.29) is 6.04 Å². The summed E-state index contributed by atoms with van der Waals surface area (Å²) in [6, 6.07) is 10.5. The Morgan fingerprint density at radius 3 is 2.60 bits per heavy atom. The molecule has 2 nitrogen and oxygen atoms in total. The highest BCUT2D eigenvalue weighted by Gasteiger charge is 2.10. The molecular formula is C18H26N2. The highest BCUT2D eigenvalue weighted by atomic mass is 14.8. The maximum Gasteiger partial charge on any atom is 0.0649 e. The fraction of sp³-hybridized carbons (Fsp3) is 0.500. The van der Waals surface area contributed by atoms with E-state index in [0.717, 1.165) is 12.1 Å². The summed E-state index contributed by atoms with van der Waals surface area (Å²) < 4.78 is 0. The first-order chi connectivity index (χ1) is 9.83. The van der Waals surface area contributed by atoms with Crippen molar-refractivity contribution in [2.45, 2.75) is 57.9 Å². The van der Waals surface area contributed by atoms with E-state index in [1.807, 2.05) is 6.20 Å². The normalized spacial score (nSPS) is 12.7. The lowest BCUT2D eigenvalue weighted by atomic mass is 10.00. The summed E-state index contributed by atoms with van der Waals surface area (Å²) in [7, 11) is 0. The molecule has 0 aliphatic heterocycles. The van der Waals surface area contributed by atoms with Crippen LogP contribution in [-0.4, -0.2) is 4.98 Å². The van der Waals surface area contributed by atoms with Crippen molar-refractivity contribution in [3.63, 3.8) is 0 Å². The molecule has 0 saturated heterocycles. The van der Waals surface area contributed by atoms with Crippen molar-refractivity contribution in [3.8, 4) is 0 Å². The van der Waals surface area contributed by atoms with Crippen molar-refractivity contribution < 1.29 is 0 Å². The van der Waals surface area contributed by atoms with Crippen molar-refractivity contribution >= 4 is 10.8 Å². The van der Waals surface area contributed by atoms with E-state index in [4.69, 9.17) is 5.73 Å². The molecule has 0 spiro atoms. The van der Waals surface area contributed by atoms with E-state index < -0.39 is 0 Å². The predicted octanol–water partition coefficient (Wildman–Crippen LogP) is 4.99. The lowest BCUT2D eigenvalue weighted by molar-refractivity contribution is 0.543. The molecule has 2 rings (SSSR count). The van der Waals surface area contributed by atoms with E-state index in [1.54, 1.807) is 0 Å². The minimum atomic E-state index is 0.0623. The Bertz CT molecular complexity index is 516. The summed E-state index contributed by atoms with van der Waals surface area (Å²) in [5.41, 5.74) is 7.39. The number of nitrogens with two attached hydrogens (primary N) is 1. The molecule has 0 radical (unpaired) electrons. The third-order valence-corrected chi connectivity index (χ3v) is 3.92. The monoisotopic (exact) mass is 270 g/mol. The Balaban J connectivity index is 1.89. The quantitative estimate of drug-likeness (QED) is 0.687. The second-order valence-corrected chi connectivity index (χ2v) is 5.58. The van der Waals surface area contributed by atoms with Crippen LogP contribution in [0.25, 0.3) is 10.8 Å². The molecule has 0 saturated carbocycles. The van der Waals surface area contributed by atoms with Crippen LogP contribution in [-0.2, 0) is 0 Å². The number of hydrogen-bond acceptors (Lipinski definition) is 2. The molecule has 0 aliphatic carbocycles. The van der Waals surface area contributed by atoms with Crippen LogP contribution in [0.1, 0.15) is 63.6 Å². The van der Waals surface area contributed by atoms with Gasteiger partial charge in [-0.05, 0) is 17.9 Å². The molecule has 20 heavy (non-hydrogen) atoms. The third-order valence-electron chi connectivity index (χ3n) is 3.92. The zero-order valence-electron chi connectivity index (χ0n) is 12.5. The number of rotatable bonds is 8. The molecule has 2 aromatic rings. The molecule has 0 fully saturated rings. The van der Waals surface area contributed by atoms with Crippen LogP contribution < -0.4 is 5.73 Å². The van der Waals surface area contributed by atoms with Gasteiger partial charge >= 0.3 is 0 Å². The molecule has 0 bridgehead atoms. The van der Waals surface area contributed by atoms with Crippen LogP contribution in [0.5, 0.6) is 0 Å². The van der Waals surface area contributed by atoms with Gasteiger partial charge in [0.05, 0.1) is 5.69 Å². The van der Waals surface area contributed by atoms with Crippen LogP contribution in [0.3, 0.4) is 0 Å². The molecular weight excluding hydrogens is 244 g/mol. The maximum absolute atomic E-state index is 6.34. The molecule has 1 aromatic heterocycles. The van der Waals surface area contributed by atoms with Gasteiger partial charge in [0, 0.05) is 17.6 Å². The average Bonchev–Trinajstić information content (AvgIpc) is 2.50. The molecule has 1 unspecified atom stereocenters. The first-order valence-electron chi connectivity index (χ1n) is 7.92. The van der Waals surface area contributed by atoms with Crippen molar-refractivity contribution in [3.05, 3.63) is 42.2 Å². The number of benzene rings is 1. The van der Waals surface area contributed by atoms with Gasteiger partial charge in [-0.25, -0.2) is 0 Å². The lowest BCUT2D eigenvalue weighted by Crippen LogP contribution is -2.12. The van der Waals surface area contributed by atoms with Gasteiger partial charge in [-0.2, -0.15) is 0 Å². The summed E-state index contributed by atoms with van der Waals surface area (Å²) in [6.07, 6.45) is 10.8. The maximum atomic E-state index is 6.34. The fourth-order valence-electron chi connectivity index (χ4n) is 2.72. The summed E-state index contributed by atoms with van der Waals surface area (Å²) in [4.78, 5) is 4.51. The van der Waals surface area contributed by atoms with Crippen LogP contribution >= 0.6 is 0 Å². The Morgan fingerprint density at radius 1 is 1.00 bits per heavy atom. The Kier molecular flexibility index (Phi) is 6.00. The number of fused-ring (bicyclic) bond motifs is 1. The Labute approximate surface area is 122 Å². The number of hydrogen-bond donors (Lipinski definition) is 1.